The molecular weight excluding hydrogens is 1420 g/mol. The van der Waals surface area contributed by atoms with Gasteiger partial charge >= 0.3 is 12.0 Å². The number of benzene rings is 2. The topological polar surface area (TPSA) is 469 Å². The van der Waals surface area contributed by atoms with Crippen molar-refractivity contribution in [1.29, 1.82) is 0 Å². The van der Waals surface area contributed by atoms with E-state index in [1.807, 2.05) is 38.1 Å². The molecule has 0 radical (unpaired) electrons. The van der Waals surface area contributed by atoms with E-state index in [1.54, 1.807) is 25.3 Å². The minimum Gasteiger partial charge on any atom is -0.487 e. The quantitative estimate of drug-likeness (QED) is 0.00911. The van der Waals surface area contributed by atoms with Gasteiger partial charge < -0.3 is 70.2 Å². The van der Waals surface area contributed by atoms with Crippen LogP contribution in [0.2, 0.25) is 5.02 Å². The lowest BCUT2D eigenvalue weighted by Crippen LogP contribution is -2.76. The van der Waals surface area contributed by atoms with E-state index in [0.717, 1.165) is 47.9 Å². The number of hydrogen-bond donors (Lipinski definition) is 11. The summed E-state index contributed by atoms with van der Waals surface area (Å²) in [6.07, 6.45) is 12.2. The van der Waals surface area contributed by atoms with E-state index in [9.17, 15) is 57.8 Å². The molecule has 2 aliphatic heterocycles. The number of carboxylic acids is 1. The third-order valence-corrected chi connectivity index (χ3v) is 23.1. The molecule has 4 unspecified atom stereocenters. The lowest BCUT2D eigenvalue weighted by Gasteiger charge is -2.68. The Bertz CT molecular complexity index is 3520. The molecule has 6 fully saturated rings. The van der Waals surface area contributed by atoms with Crippen LogP contribution >= 0.6 is 23.4 Å². The number of halogens is 1. The Hall–Kier alpha value is -7.89. The second-order valence-corrected chi connectivity index (χ2v) is 31.1. The molecule has 4 saturated carbocycles. The monoisotopic (exact) mass is 1530 g/mol. The first-order chi connectivity index (χ1) is 51.2. The van der Waals surface area contributed by atoms with Crippen molar-refractivity contribution < 1.29 is 77.1 Å². The number of nitrogens with one attached hydrogen (secondary N) is 4. The van der Waals surface area contributed by atoms with Gasteiger partial charge in [-0.15, -0.1) is 11.8 Å². The molecule has 2 aromatic rings. The molecule has 7 amide bonds. The van der Waals surface area contributed by atoms with E-state index in [4.69, 9.17) is 71.8 Å². The predicted octanol–water partition coefficient (Wildman–Crippen LogP) is 5.94. The number of likely N-dealkylation sites (tertiary alicyclic amines) is 1. The summed E-state index contributed by atoms with van der Waals surface area (Å²) in [7, 11) is 1.62. The highest BCUT2D eigenvalue weighted by Crippen LogP contribution is 2.70. The van der Waals surface area contributed by atoms with Crippen LogP contribution < -0.4 is 60.4 Å². The molecule has 2 saturated heterocycles. The number of rotatable bonds is 50. The third-order valence-electron chi connectivity index (χ3n) is 21.4. The van der Waals surface area contributed by atoms with E-state index in [0.29, 0.717) is 98.7 Å². The van der Waals surface area contributed by atoms with Gasteiger partial charge in [-0.2, -0.15) is 4.89 Å². The molecule has 1 spiro atoms. The number of thioether (sulfide) groups is 1. The summed E-state index contributed by atoms with van der Waals surface area (Å²) in [6.45, 7) is 11.7. The second kappa shape index (κ2) is 42.2. The highest BCUT2D eigenvalue weighted by atomic mass is 35.5. The van der Waals surface area contributed by atoms with Crippen molar-refractivity contribution in [2.24, 2.45) is 86.7 Å². The summed E-state index contributed by atoms with van der Waals surface area (Å²) in [5.74, 6) is -7.58. The molecule has 107 heavy (non-hydrogen) atoms. The molecule has 31 heteroatoms. The van der Waals surface area contributed by atoms with Crippen LogP contribution in [0.4, 0.5) is 4.79 Å². The van der Waals surface area contributed by atoms with Crippen LogP contribution in [0.1, 0.15) is 184 Å². The fourth-order valence-electron chi connectivity index (χ4n) is 15.8. The van der Waals surface area contributed by atoms with E-state index < -0.39 is 112 Å². The van der Waals surface area contributed by atoms with E-state index in [2.05, 4.69) is 31.1 Å². The number of aliphatic imine (C=N–C) groups is 1. The predicted molar refractivity (Wildman–Crippen MR) is 402 cm³/mol. The Labute approximate surface area is 635 Å². The number of ketones is 4. The number of nitrogens with two attached hydrogens (primary N) is 6. The van der Waals surface area contributed by atoms with Crippen molar-refractivity contribution in [3.8, 4) is 5.75 Å². The second-order valence-electron chi connectivity index (χ2n) is 29.5. The number of nitrogens with zero attached hydrogens (tertiary/aromatic N) is 3. The van der Waals surface area contributed by atoms with Crippen molar-refractivity contribution in [2.45, 2.75) is 209 Å². The fourth-order valence-corrected chi connectivity index (χ4v) is 17.3. The van der Waals surface area contributed by atoms with Crippen molar-refractivity contribution >= 4 is 100 Å². The van der Waals surface area contributed by atoms with Crippen LogP contribution in [0.25, 0.3) is 10.9 Å². The number of imide groups is 1. The Kier molecular flexibility index (Phi) is 34.0. The zero-order valence-corrected chi connectivity index (χ0v) is 63.4. The van der Waals surface area contributed by atoms with Crippen molar-refractivity contribution in [2.75, 3.05) is 52.1 Å². The first kappa shape index (κ1) is 86.3. The summed E-state index contributed by atoms with van der Waals surface area (Å²) >= 11 is 8.36. The molecule has 29 nitrogen and oxygen atoms in total. The number of carbonyl (C=O) groups excluding carboxylic acids is 10. The van der Waals surface area contributed by atoms with Crippen molar-refractivity contribution in [3.05, 3.63) is 81.3 Å². The normalized spacial score (nSPS) is 22.3. The van der Waals surface area contributed by atoms with Gasteiger partial charge in [0.05, 0.1) is 47.4 Å². The summed E-state index contributed by atoms with van der Waals surface area (Å²) in [5.41, 5.74) is 35.6. The Morgan fingerprint density at radius 2 is 1.40 bits per heavy atom. The molecule has 4 bridgehead atoms. The lowest BCUT2D eigenvalue weighted by molar-refractivity contribution is -0.645. The molecule has 17 N–H and O–H groups in total. The van der Waals surface area contributed by atoms with Crippen LogP contribution in [0.5, 0.6) is 5.75 Å². The van der Waals surface area contributed by atoms with Crippen LogP contribution in [-0.2, 0) is 81.3 Å². The molecule has 0 aromatic heterocycles. The average molecular weight is 1530 g/mol. The number of unbranched alkanes of at least 4 members (excludes halogenated alkanes) is 4. The van der Waals surface area contributed by atoms with Gasteiger partial charge in [0, 0.05) is 94.0 Å². The molecule has 588 valence electrons. The number of methoxy groups -OCH3 is 1. The Morgan fingerprint density at radius 3 is 2.01 bits per heavy atom. The van der Waals surface area contributed by atoms with E-state index in [-0.39, 0.29) is 143 Å². The number of aliphatic carboxylic acids is 1. The molecule has 2 heterocycles. The number of ether oxygens (including phenoxy) is 2. The summed E-state index contributed by atoms with van der Waals surface area (Å²) in [4.78, 5) is 167. The van der Waals surface area contributed by atoms with Crippen molar-refractivity contribution in [1.82, 2.24) is 26.2 Å². The molecule has 6 aliphatic rings. The molecule has 8 rings (SSSR count). The molecule has 4 aliphatic carbocycles. The average Bonchev–Trinajstić information content (AvgIpc) is 0.810. The highest BCUT2D eigenvalue weighted by molar-refractivity contribution is 8.00. The number of hydrogen-bond acceptors (Lipinski definition) is 20. The van der Waals surface area contributed by atoms with Crippen LogP contribution in [-0.4, -0.2) is 162 Å². The minimum atomic E-state index is -1.26. The summed E-state index contributed by atoms with van der Waals surface area (Å²) in [5, 5.41) is 20.0. The Morgan fingerprint density at radius 1 is 0.757 bits per heavy atom. The van der Waals surface area contributed by atoms with Crippen molar-refractivity contribution in [3.63, 3.8) is 0 Å². The summed E-state index contributed by atoms with van der Waals surface area (Å²) < 4.78 is 12.8. The first-order valence-corrected chi connectivity index (χ1v) is 39.0. The van der Waals surface area contributed by atoms with Crippen LogP contribution in [0.15, 0.2) is 47.6 Å². The SMILES string of the molecule is [C-]#[N+]/C=C/c1ccc(C2(OC)OOC23C2CC4CC(C2)CC3C4)c(Cl)c1OCc1ccc(CC(=O)C(CCCNC(N)=O)NC(=O)C(CC(=O)CCCCCN2C(=O)CC(SC[C@@H](N)C(=O)NCC(=O)C[C@H](CCCCN)C(=O)N[C@H](CCCN=C(N)N)C(=O)C[C@H](CCCCN)C(=O)O)C2=O)C(C)C)cc1. The largest absolute Gasteiger partial charge is 0.487 e. The number of amides is 7. The standard InChI is InChI=1S/C76H110ClN13O16S/c1-45(2)57(69(97)89-60(18-13-29-86-74(83)102)62(93)37-46-19-21-47(22-20-46)43-104-67-50(25-30-84-3)23-24-58(66(67)77)76(103-4)75(105-106-76)53-33-48-32-49(35-53)36-54(75)34-48)40-55(91)16-6-5-11-31-90-65(95)41-64(71(90)99)107-44-59(80)70(98)87-42-56(92)38-51(14-7-9-26-78)68(96)88-61(17-12-28-85-73(81)82)63(94)39-52(72(100)101)15-8-10-27-79/h19-25,30,45,48-49,51-54,57,59-61,64H,5-18,26-29,31-44,78-80H2,1-2,4H3,(H,87,98)(H,88,96)(H,89,97)(H,100,101)(H4,81,82,85)(H3,83,86,102)/b30-25+/t48?,49?,51-,52-,53?,54?,57?,59+,60?,61+,64?,75?,76?/m0/s1. The fraction of sp³-hybridized carbons (Fsp3) is 0.645. The highest BCUT2D eigenvalue weighted by Gasteiger charge is 2.77. The van der Waals surface area contributed by atoms with Gasteiger partial charge in [-0.3, -0.25) is 57.8 Å². The molecular formula is C76H110ClN13O16S. The van der Waals surface area contributed by atoms with Gasteiger partial charge in [0.2, 0.25) is 29.5 Å². The summed E-state index contributed by atoms with van der Waals surface area (Å²) in [6, 6.07) is 6.95. The molecule has 8 atom stereocenters. The van der Waals surface area contributed by atoms with Gasteiger partial charge in [0.15, 0.2) is 35.1 Å². The Balaban J connectivity index is 0.847. The maximum atomic E-state index is 14.2. The maximum absolute atomic E-state index is 14.2. The number of Topliss-reactive ketones (excluding diaryl/α,β-unsaturated/α-hetero) is 4. The third kappa shape index (κ3) is 23.8. The van der Waals surface area contributed by atoms with Gasteiger partial charge in [0.1, 0.15) is 18.1 Å². The van der Waals surface area contributed by atoms with Gasteiger partial charge in [0.25, 0.3) is 5.79 Å². The smallest absolute Gasteiger partial charge is 0.312 e. The lowest BCUT2D eigenvalue weighted by atomic mass is 9.47. The molecule has 2 aromatic carbocycles. The van der Waals surface area contributed by atoms with Crippen LogP contribution in [0, 0.1) is 53.9 Å². The number of primary amides is 1. The zero-order chi connectivity index (χ0) is 78.0. The number of carboxylic acid groups (broad SMARTS) is 1. The van der Waals surface area contributed by atoms with Gasteiger partial charge in [-0.05, 0) is 150 Å². The van der Waals surface area contributed by atoms with E-state index in [1.165, 1.54) is 12.6 Å². The zero-order valence-electron chi connectivity index (χ0n) is 61.8. The van der Waals surface area contributed by atoms with E-state index >= 15 is 0 Å². The van der Waals surface area contributed by atoms with Crippen LogP contribution in [0.3, 0.4) is 0 Å². The number of carbonyl (C=O) groups is 11. The number of guanidine groups is 1. The minimum absolute atomic E-state index is 0.0512. The first-order valence-electron chi connectivity index (χ1n) is 37.6. The van der Waals surface area contributed by atoms with Gasteiger partial charge in [-0.25, -0.2) is 14.5 Å². The van der Waals surface area contributed by atoms with Gasteiger partial charge in [-0.1, -0.05) is 87.2 Å². The number of urea groups is 1. The maximum Gasteiger partial charge on any atom is 0.312 e.